The number of hydrogen-bond donors (Lipinski definition) is 3. The van der Waals surface area contributed by atoms with Gasteiger partial charge in [-0.15, -0.1) is 0 Å². The van der Waals surface area contributed by atoms with Crippen molar-refractivity contribution >= 4 is 52.4 Å². The summed E-state index contributed by atoms with van der Waals surface area (Å²) in [5.41, 5.74) is 6.32. The molecular weight excluding hydrogens is 472 g/mol. The highest BCUT2D eigenvalue weighted by Gasteiger charge is 2.70. The molecule has 0 aliphatic carbocycles. The monoisotopic (exact) mass is 494 g/mol. The van der Waals surface area contributed by atoms with Gasteiger partial charge < -0.3 is 11.1 Å². The first-order chi connectivity index (χ1) is 16.6. The molecule has 5 rings (SSSR count). The van der Waals surface area contributed by atoms with Gasteiger partial charge in [0.05, 0.1) is 23.2 Å². The maximum atomic E-state index is 13.9. The lowest BCUT2D eigenvalue weighted by Gasteiger charge is -2.29. The summed E-state index contributed by atoms with van der Waals surface area (Å²) in [7, 11) is 0. The van der Waals surface area contributed by atoms with Gasteiger partial charge in [-0.3, -0.25) is 29.3 Å². The Hall–Kier alpha value is -3.56. The number of nitrogens with one attached hydrogen (secondary N) is 2. The van der Waals surface area contributed by atoms with Crippen molar-refractivity contribution in [3.05, 3.63) is 58.1 Å². The van der Waals surface area contributed by atoms with Crippen molar-refractivity contribution in [3.63, 3.8) is 0 Å². The quantitative estimate of drug-likeness (QED) is 0.429. The van der Waals surface area contributed by atoms with Gasteiger partial charge in [-0.05, 0) is 56.2 Å². The molecular formula is C25H23ClN4O5. The largest absolute Gasteiger partial charge is 0.370 e. The van der Waals surface area contributed by atoms with Crippen LogP contribution in [0.4, 0.5) is 11.4 Å². The van der Waals surface area contributed by atoms with Gasteiger partial charge in [-0.1, -0.05) is 17.7 Å². The molecule has 4 atom stereocenters. The van der Waals surface area contributed by atoms with Gasteiger partial charge in [0, 0.05) is 28.6 Å². The molecule has 2 aromatic rings. The lowest BCUT2D eigenvalue weighted by atomic mass is 9.76. The van der Waals surface area contributed by atoms with E-state index in [-0.39, 0.29) is 18.6 Å². The fraction of sp³-hybridized carbons (Fsp3) is 0.320. The van der Waals surface area contributed by atoms with Crippen LogP contribution < -0.4 is 21.3 Å². The third-order valence-corrected chi connectivity index (χ3v) is 7.73. The van der Waals surface area contributed by atoms with Crippen LogP contribution in [0.1, 0.15) is 41.3 Å². The second-order valence-corrected chi connectivity index (χ2v) is 9.64. The molecule has 0 bridgehead atoms. The van der Waals surface area contributed by atoms with E-state index in [9.17, 15) is 24.0 Å². The molecule has 9 nitrogen and oxygen atoms in total. The molecule has 2 fully saturated rings. The molecule has 4 amide bonds. The average Bonchev–Trinajstić information content (AvgIpc) is 3.40. The van der Waals surface area contributed by atoms with Crippen molar-refractivity contribution in [1.82, 2.24) is 5.32 Å². The van der Waals surface area contributed by atoms with Crippen LogP contribution in [0, 0.1) is 18.8 Å². The van der Waals surface area contributed by atoms with Crippen LogP contribution in [0.5, 0.6) is 0 Å². The van der Waals surface area contributed by atoms with E-state index in [4.69, 9.17) is 17.3 Å². The number of ketones is 1. The van der Waals surface area contributed by atoms with Gasteiger partial charge in [-0.2, -0.15) is 0 Å². The van der Waals surface area contributed by atoms with Crippen molar-refractivity contribution in [2.75, 3.05) is 10.2 Å². The van der Waals surface area contributed by atoms with E-state index < -0.39 is 47.0 Å². The number of amides is 4. The number of hydrogen-bond acceptors (Lipinski definition) is 6. The van der Waals surface area contributed by atoms with E-state index >= 15 is 0 Å². The molecule has 0 radical (unpaired) electrons. The van der Waals surface area contributed by atoms with Crippen molar-refractivity contribution in [1.29, 1.82) is 0 Å². The van der Waals surface area contributed by atoms with Crippen LogP contribution in [0.15, 0.2) is 36.4 Å². The molecule has 1 spiro atoms. The number of halogens is 1. The maximum absolute atomic E-state index is 13.9. The van der Waals surface area contributed by atoms with Crippen LogP contribution in [-0.2, 0) is 24.7 Å². The topological polar surface area (TPSA) is 139 Å². The minimum absolute atomic E-state index is 0.0140. The number of primary amides is 1. The second-order valence-electron chi connectivity index (χ2n) is 9.23. The molecule has 3 aliphatic rings. The van der Waals surface area contributed by atoms with E-state index in [0.717, 1.165) is 4.90 Å². The molecule has 2 saturated heterocycles. The van der Waals surface area contributed by atoms with Gasteiger partial charge >= 0.3 is 0 Å². The number of anilines is 2. The Morgan fingerprint density at radius 1 is 1.09 bits per heavy atom. The highest BCUT2D eigenvalue weighted by molar-refractivity contribution is 6.32. The molecule has 3 heterocycles. The summed E-state index contributed by atoms with van der Waals surface area (Å²) in [4.78, 5) is 65.4. The summed E-state index contributed by atoms with van der Waals surface area (Å²) in [5.74, 6) is -4.07. The first-order valence-electron chi connectivity index (χ1n) is 11.2. The minimum Gasteiger partial charge on any atom is -0.370 e. The van der Waals surface area contributed by atoms with E-state index in [1.54, 1.807) is 43.3 Å². The Labute approximate surface area is 206 Å². The van der Waals surface area contributed by atoms with Crippen LogP contribution in [0.2, 0.25) is 5.02 Å². The molecule has 3 aliphatic heterocycles. The second kappa shape index (κ2) is 8.00. The smallest absolute Gasteiger partial charge is 0.250 e. The molecule has 0 saturated carbocycles. The number of fused-ring (bicyclic) bond motifs is 4. The molecule has 4 N–H and O–H groups in total. The number of benzene rings is 2. The minimum atomic E-state index is -1.50. The van der Waals surface area contributed by atoms with Gasteiger partial charge in [-0.25, -0.2) is 4.90 Å². The number of nitrogens with two attached hydrogens (primary N) is 1. The lowest BCUT2D eigenvalue weighted by Crippen LogP contribution is -2.53. The van der Waals surface area contributed by atoms with Crippen LogP contribution in [0.25, 0.3) is 0 Å². The summed E-state index contributed by atoms with van der Waals surface area (Å²) < 4.78 is 0. The summed E-state index contributed by atoms with van der Waals surface area (Å²) in [6.45, 7) is 3.19. The standard InChI is InChI=1S/C25H23ClN4O5/c1-11-16(26)8-7-15-21(11)28-24(35)25(15)20-19(17(29-25)9-10-18(27)32)22(33)30(23(20)34)14-5-3-13(4-6-14)12(2)31/h3-8,17,19-20,29H,9-10H2,1-2H3,(H2,27,32)(H,28,35)/t17-,19-,20-,25-/m0/s1. The number of rotatable bonds is 5. The molecule has 180 valence electrons. The Balaban J connectivity index is 1.63. The van der Waals surface area contributed by atoms with E-state index in [0.29, 0.717) is 33.1 Å². The fourth-order valence-corrected chi connectivity index (χ4v) is 5.79. The van der Waals surface area contributed by atoms with Crippen molar-refractivity contribution in [3.8, 4) is 0 Å². The van der Waals surface area contributed by atoms with Gasteiger partial charge in [0.15, 0.2) is 5.78 Å². The van der Waals surface area contributed by atoms with Crippen molar-refractivity contribution < 1.29 is 24.0 Å². The number of Topliss-reactive ketones (excluding diaryl/α,β-unsaturated/α-hetero) is 1. The molecule has 0 aromatic heterocycles. The Morgan fingerprint density at radius 2 is 1.77 bits per heavy atom. The molecule has 35 heavy (non-hydrogen) atoms. The van der Waals surface area contributed by atoms with Crippen LogP contribution >= 0.6 is 11.6 Å². The summed E-state index contributed by atoms with van der Waals surface area (Å²) in [6.07, 6.45) is 0.170. The Kier molecular flexibility index (Phi) is 5.30. The fourth-order valence-electron chi connectivity index (χ4n) is 5.64. The first kappa shape index (κ1) is 23.2. The normalized spacial score (nSPS) is 26.8. The third-order valence-electron chi connectivity index (χ3n) is 7.32. The highest BCUT2D eigenvalue weighted by atomic mass is 35.5. The SMILES string of the molecule is CC(=O)c1ccc(N2C(=O)[C@H]3[C@H](CCC(N)=O)N[C@]4(C(=O)Nc5c4ccc(Cl)c5C)[C@@H]3C2=O)cc1. The summed E-state index contributed by atoms with van der Waals surface area (Å²) >= 11 is 6.27. The predicted molar refractivity (Wildman–Crippen MR) is 128 cm³/mol. The van der Waals surface area contributed by atoms with E-state index in [2.05, 4.69) is 10.6 Å². The van der Waals surface area contributed by atoms with Crippen LogP contribution in [0.3, 0.4) is 0 Å². The number of carbonyl (C=O) groups is 5. The first-order valence-corrected chi connectivity index (χ1v) is 11.6. The number of nitrogens with zero attached hydrogens (tertiary/aromatic N) is 1. The van der Waals surface area contributed by atoms with Crippen molar-refractivity contribution in [2.45, 2.75) is 38.3 Å². The van der Waals surface area contributed by atoms with E-state index in [1.165, 1.54) is 6.92 Å². The average molecular weight is 495 g/mol. The number of carbonyl (C=O) groups excluding carboxylic acids is 5. The highest BCUT2D eigenvalue weighted by Crippen LogP contribution is 2.55. The summed E-state index contributed by atoms with van der Waals surface area (Å²) in [6, 6.07) is 8.88. The Morgan fingerprint density at radius 3 is 2.40 bits per heavy atom. The van der Waals surface area contributed by atoms with Crippen LogP contribution in [-0.4, -0.2) is 35.5 Å². The van der Waals surface area contributed by atoms with E-state index in [1.807, 2.05) is 0 Å². The summed E-state index contributed by atoms with van der Waals surface area (Å²) in [5, 5.41) is 6.57. The van der Waals surface area contributed by atoms with Gasteiger partial charge in [0.25, 0.3) is 0 Å². The Bertz CT molecular complexity index is 1320. The van der Waals surface area contributed by atoms with Gasteiger partial charge in [0.1, 0.15) is 5.54 Å². The zero-order valence-electron chi connectivity index (χ0n) is 19.1. The van der Waals surface area contributed by atoms with Crippen molar-refractivity contribution in [2.24, 2.45) is 17.6 Å². The number of imide groups is 1. The third kappa shape index (κ3) is 3.22. The zero-order valence-corrected chi connectivity index (χ0v) is 19.8. The molecule has 10 heteroatoms. The predicted octanol–water partition coefficient (Wildman–Crippen LogP) is 2.04. The zero-order chi connectivity index (χ0) is 25.2. The molecule has 0 unspecified atom stereocenters. The maximum Gasteiger partial charge on any atom is 0.250 e. The van der Waals surface area contributed by atoms with Gasteiger partial charge in [0.2, 0.25) is 23.6 Å². The molecule has 2 aromatic carbocycles. The lowest BCUT2D eigenvalue weighted by molar-refractivity contribution is -0.130.